The Morgan fingerprint density at radius 3 is 2.28 bits per heavy atom. The van der Waals surface area contributed by atoms with Gasteiger partial charge in [-0.1, -0.05) is 36.4 Å². The molecule has 246 valence electrons. The summed E-state index contributed by atoms with van der Waals surface area (Å²) in [5.41, 5.74) is 0.0402. The van der Waals surface area contributed by atoms with Crippen LogP contribution in [0.2, 0.25) is 0 Å². The van der Waals surface area contributed by atoms with Crippen LogP contribution < -0.4 is 15.5 Å². The molecule has 3 amide bonds. The van der Waals surface area contributed by atoms with Gasteiger partial charge in [0.15, 0.2) is 0 Å². The van der Waals surface area contributed by atoms with E-state index < -0.39 is 53.0 Å². The molecule has 2 atom stereocenters. The molecule has 1 aliphatic rings. The van der Waals surface area contributed by atoms with Gasteiger partial charge in [0, 0.05) is 30.1 Å². The summed E-state index contributed by atoms with van der Waals surface area (Å²) in [5, 5.41) is 10.0. The molecule has 0 aliphatic carbocycles. The summed E-state index contributed by atoms with van der Waals surface area (Å²) in [6.07, 6.45) is -5.39. The van der Waals surface area contributed by atoms with Crippen molar-refractivity contribution in [1.82, 2.24) is 20.4 Å². The van der Waals surface area contributed by atoms with Crippen molar-refractivity contribution in [3.8, 4) is 5.69 Å². The van der Waals surface area contributed by atoms with Crippen molar-refractivity contribution in [2.45, 2.75) is 51.4 Å². The van der Waals surface area contributed by atoms with Crippen LogP contribution in [0.4, 0.5) is 28.2 Å². The normalized spacial score (nSPS) is 16.4. The topological polar surface area (TPSA) is 106 Å². The van der Waals surface area contributed by atoms with Crippen molar-refractivity contribution in [1.29, 1.82) is 0 Å². The summed E-state index contributed by atoms with van der Waals surface area (Å²) >= 11 is 0. The number of benzene rings is 3. The van der Waals surface area contributed by atoms with E-state index in [1.807, 2.05) is 6.07 Å². The predicted octanol–water partition coefficient (Wildman–Crippen LogP) is 6.14. The number of carbonyl (C=O) groups excluding carboxylic acids is 3. The number of ether oxygens (including phenoxy) is 1. The number of carbonyl (C=O) groups is 3. The smallest absolute Gasteiger partial charge is 0.416 e. The Hall–Kier alpha value is -5.20. The van der Waals surface area contributed by atoms with Crippen LogP contribution in [0.15, 0.2) is 78.9 Å². The second-order valence-corrected chi connectivity index (χ2v) is 12.0. The highest BCUT2D eigenvalue weighted by molar-refractivity contribution is 6.05. The van der Waals surface area contributed by atoms with Crippen molar-refractivity contribution in [3.63, 3.8) is 0 Å². The van der Waals surface area contributed by atoms with E-state index in [-0.39, 0.29) is 18.7 Å². The molecule has 0 fully saturated rings. The summed E-state index contributed by atoms with van der Waals surface area (Å²) in [6.45, 7) is 6.74. The lowest BCUT2D eigenvalue weighted by Crippen LogP contribution is -2.56. The number of alkyl halides is 3. The van der Waals surface area contributed by atoms with Gasteiger partial charge in [-0.3, -0.25) is 14.5 Å². The number of nitrogens with zero attached hydrogens (tertiary/aromatic N) is 3. The van der Waals surface area contributed by atoms with Gasteiger partial charge in [-0.05, 0) is 75.7 Å². The highest BCUT2D eigenvalue weighted by Crippen LogP contribution is 2.43. The van der Waals surface area contributed by atoms with Gasteiger partial charge in [-0.2, -0.15) is 18.3 Å². The van der Waals surface area contributed by atoms with Crippen LogP contribution in [0.1, 0.15) is 59.4 Å². The molecule has 2 N–H and O–H groups in total. The minimum Gasteiger partial charge on any atom is -0.444 e. The first-order valence-electron chi connectivity index (χ1n) is 14.8. The molecule has 1 aromatic heterocycles. The maximum Gasteiger partial charge on any atom is 0.416 e. The Bertz CT molecular complexity index is 1780. The molecule has 9 nitrogen and oxygen atoms in total. The van der Waals surface area contributed by atoms with Crippen LogP contribution in [-0.2, 0) is 15.7 Å². The standard InChI is InChI=1S/C34H33F4N5O4/c1-20-26-27(21-13-15-24(35)16-14-21)28(40-29(44)22-9-8-10-23(19-22)34(36,37)38)31(45)42(18-17-39-32(46)47-33(2,3)4)30(26)43(41-20)25-11-6-5-7-12-25/h5-16,19,27-28H,17-18H2,1-4H3,(H,39,46)(H,40,44). The van der Waals surface area contributed by atoms with Crippen LogP contribution in [0.3, 0.4) is 0 Å². The number of hydrogen-bond donors (Lipinski definition) is 2. The van der Waals surface area contributed by atoms with Gasteiger partial charge in [0.25, 0.3) is 11.8 Å². The van der Waals surface area contributed by atoms with Crippen molar-refractivity contribution in [2.75, 3.05) is 18.0 Å². The Balaban J connectivity index is 1.61. The number of hydrogen-bond acceptors (Lipinski definition) is 5. The molecule has 3 aromatic carbocycles. The van der Waals surface area contributed by atoms with Gasteiger partial charge in [-0.25, -0.2) is 13.9 Å². The van der Waals surface area contributed by atoms with E-state index in [0.29, 0.717) is 34.4 Å². The first-order chi connectivity index (χ1) is 22.1. The van der Waals surface area contributed by atoms with E-state index >= 15 is 0 Å². The molecule has 0 saturated carbocycles. The average molecular weight is 652 g/mol. The molecule has 0 radical (unpaired) electrons. The van der Waals surface area contributed by atoms with Crippen LogP contribution in [0.25, 0.3) is 5.69 Å². The minimum atomic E-state index is -4.69. The monoisotopic (exact) mass is 651 g/mol. The van der Waals surface area contributed by atoms with E-state index in [9.17, 15) is 31.9 Å². The van der Waals surface area contributed by atoms with E-state index in [4.69, 9.17) is 9.84 Å². The van der Waals surface area contributed by atoms with Crippen LogP contribution in [0, 0.1) is 12.7 Å². The molecule has 0 spiro atoms. The Morgan fingerprint density at radius 1 is 0.957 bits per heavy atom. The summed E-state index contributed by atoms with van der Waals surface area (Å²) in [5.74, 6) is -2.59. The lowest BCUT2D eigenvalue weighted by Gasteiger charge is -2.39. The summed E-state index contributed by atoms with van der Waals surface area (Å²) < 4.78 is 61.4. The summed E-state index contributed by atoms with van der Waals surface area (Å²) in [7, 11) is 0. The molecule has 13 heteroatoms. The lowest BCUT2D eigenvalue weighted by atomic mass is 9.81. The number of para-hydroxylation sites is 1. The van der Waals surface area contributed by atoms with Gasteiger partial charge in [0.05, 0.1) is 16.9 Å². The number of amides is 3. The average Bonchev–Trinajstić information content (AvgIpc) is 3.35. The van der Waals surface area contributed by atoms with Gasteiger partial charge in [0.2, 0.25) is 0 Å². The minimum absolute atomic E-state index is 0.0470. The molecule has 0 saturated heterocycles. The fraction of sp³-hybridized carbons (Fsp3) is 0.294. The number of halogens is 4. The molecule has 47 heavy (non-hydrogen) atoms. The number of anilines is 1. The van der Waals surface area contributed by atoms with E-state index in [0.717, 1.165) is 12.1 Å². The molecule has 4 aromatic rings. The third-order valence-corrected chi connectivity index (χ3v) is 7.49. The van der Waals surface area contributed by atoms with Crippen LogP contribution in [0.5, 0.6) is 0 Å². The SMILES string of the molecule is Cc1nn(-c2ccccc2)c2c1C(c1ccc(F)cc1)C(NC(=O)c1cccc(C(F)(F)F)c1)C(=O)N2CCNC(=O)OC(C)(C)C. The van der Waals surface area contributed by atoms with Crippen LogP contribution >= 0.6 is 0 Å². The number of rotatable bonds is 7. The molecular weight excluding hydrogens is 618 g/mol. The predicted molar refractivity (Wildman–Crippen MR) is 166 cm³/mol. The van der Waals surface area contributed by atoms with Gasteiger partial charge >= 0.3 is 12.3 Å². The molecule has 5 rings (SSSR count). The lowest BCUT2D eigenvalue weighted by molar-refractivity contribution is -0.137. The highest BCUT2D eigenvalue weighted by Gasteiger charge is 2.46. The number of nitrogens with one attached hydrogen (secondary N) is 2. The zero-order valence-electron chi connectivity index (χ0n) is 26.1. The maximum absolute atomic E-state index is 14.5. The first kappa shape index (κ1) is 33.2. The third kappa shape index (κ3) is 7.29. The first-order valence-corrected chi connectivity index (χ1v) is 14.8. The van der Waals surface area contributed by atoms with E-state index in [2.05, 4.69) is 10.6 Å². The van der Waals surface area contributed by atoms with Crippen molar-refractivity contribution in [3.05, 3.63) is 113 Å². The molecular formula is C34H33F4N5O4. The maximum atomic E-state index is 14.5. The van der Waals surface area contributed by atoms with Crippen LogP contribution in [-0.4, -0.2) is 52.4 Å². The quantitative estimate of drug-likeness (QED) is 0.234. The van der Waals surface area contributed by atoms with Crippen molar-refractivity contribution in [2.24, 2.45) is 0 Å². The molecule has 2 unspecified atom stereocenters. The summed E-state index contributed by atoms with van der Waals surface area (Å²) in [6, 6.07) is 17.0. The molecule has 0 bridgehead atoms. The summed E-state index contributed by atoms with van der Waals surface area (Å²) in [4.78, 5) is 41.8. The number of aryl methyl sites for hydroxylation is 1. The largest absolute Gasteiger partial charge is 0.444 e. The van der Waals surface area contributed by atoms with E-state index in [1.54, 1.807) is 56.6 Å². The van der Waals surface area contributed by atoms with Gasteiger partial charge in [-0.15, -0.1) is 0 Å². The molecule has 1 aliphatic heterocycles. The number of alkyl carbamates (subject to hydrolysis) is 1. The van der Waals surface area contributed by atoms with E-state index in [1.165, 1.54) is 35.2 Å². The Labute approximate surface area is 268 Å². The fourth-order valence-corrected chi connectivity index (χ4v) is 5.52. The zero-order valence-corrected chi connectivity index (χ0v) is 26.1. The number of fused-ring (bicyclic) bond motifs is 1. The second-order valence-electron chi connectivity index (χ2n) is 12.0. The Morgan fingerprint density at radius 2 is 1.64 bits per heavy atom. The molecule has 2 heterocycles. The second kappa shape index (κ2) is 12.9. The van der Waals surface area contributed by atoms with Crippen molar-refractivity contribution < 1.29 is 36.7 Å². The van der Waals surface area contributed by atoms with Crippen molar-refractivity contribution >= 4 is 23.7 Å². The van der Waals surface area contributed by atoms with Gasteiger partial charge < -0.3 is 15.4 Å². The number of aromatic nitrogens is 2. The van der Waals surface area contributed by atoms with Gasteiger partial charge in [0.1, 0.15) is 23.3 Å². The zero-order chi connectivity index (χ0) is 34.1. The fourth-order valence-electron chi connectivity index (χ4n) is 5.52. The Kier molecular flexibility index (Phi) is 9.10. The highest BCUT2D eigenvalue weighted by atomic mass is 19.4. The third-order valence-electron chi connectivity index (χ3n) is 7.49.